The molecular formula is C15H19ClFN3O2. The van der Waals surface area contributed by atoms with Gasteiger partial charge in [0.2, 0.25) is 0 Å². The Bertz CT molecular complexity index is 589. The number of alkyl halides is 1. The molecule has 0 aliphatic rings. The second-order valence-corrected chi connectivity index (χ2v) is 6.32. The highest BCUT2D eigenvalue weighted by Crippen LogP contribution is 2.34. The molecule has 2 rings (SSSR count). The second-order valence-electron chi connectivity index (χ2n) is 5.88. The van der Waals surface area contributed by atoms with E-state index in [2.05, 4.69) is 10.1 Å². The van der Waals surface area contributed by atoms with Crippen LogP contribution in [0.5, 0.6) is 5.75 Å². The summed E-state index contributed by atoms with van der Waals surface area (Å²) >= 11 is 5.82. The largest absolute Gasteiger partial charge is 0.490 e. The zero-order valence-electron chi connectivity index (χ0n) is 12.5. The molecule has 1 atom stereocenters. The third-order valence-electron chi connectivity index (χ3n) is 3.78. The van der Waals surface area contributed by atoms with Crippen LogP contribution >= 0.6 is 11.6 Å². The smallest absolute Gasteiger partial charge is 0.137 e. The summed E-state index contributed by atoms with van der Waals surface area (Å²) in [5.74, 6) is 0.552. The van der Waals surface area contributed by atoms with E-state index in [4.69, 9.17) is 16.3 Å². The van der Waals surface area contributed by atoms with Gasteiger partial charge in [-0.05, 0) is 24.3 Å². The number of nitrogens with zero attached hydrogens (tertiary/aromatic N) is 3. The van der Waals surface area contributed by atoms with E-state index in [1.54, 1.807) is 38.1 Å². The Balaban J connectivity index is 2.15. The molecule has 2 aromatic rings. The third kappa shape index (κ3) is 3.75. The van der Waals surface area contributed by atoms with Crippen LogP contribution in [0.4, 0.5) is 4.39 Å². The fourth-order valence-electron chi connectivity index (χ4n) is 1.90. The number of benzene rings is 1. The fourth-order valence-corrected chi connectivity index (χ4v) is 2.02. The molecule has 0 saturated carbocycles. The van der Waals surface area contributed by atoms with E-state index in [0.29, 0.717) is 10.8 Å². The van der Waals surface area contributed by atoms with Crippen molar-refractivity contribution in [1.29, 1.82) is 0 Å². The summed E-state index contributed by atoms with van der Waals surface area (Å²) in [5.41, 5.74) is -2.46. The summed E-state index contributed by atoms with van der Waals surface area (Å²) < 4.78 is 20.5. The summed E-state index contributed by atoms with van der Waals surface area (Å²) in [4.78, 5) is 3.83. The standard InChI is InChI=1S/C15H19ClFN3O2/c1-14(2,7-17)15(21,8-20-11-18-10-19-20)9-22-13-5-3-12(16)4-6-13/h3-6,10-11,21H,7-9H2,1-2H3. The van der Waals surface area contributed by atoms with Gasteiger partial charge in [-0.15, -0.1) is 0 Å². The van der Waals surface area contributed by atoms with Crippen molar-refractivity contribution in [2.24, 2.45) is 5.41 Å². The molecule has 0 aliphatic heterocycles. The van der Waals surface area contributed by atoms with Gasteiger partial charge < -0.3 is 9.84 Å². The highest BCUT2D eigenvalue weighted by molar-refractivity contribution is 6.30. The maximum absolute atomic E-state index is 13.4. The molecule has 0 saturated heterocycles. The Morgan fingerprint density at radius 2 is 2.00 bits per heavy atom. The number of aromatic nitrogens is 3. The molecule has 1 unspecified atom stereocenters. The average Bonchev–Trinajstić information content (AvgIpc) is 2.99. The summed E-state index contributed by atoms with van der Waals surface area (Å²) in [6.45, 7) is 2.61. The van der Waals surface area contributed by atoms with Crippen molar-refractivity contribution in [3.05, 3.63) is 41.9 Å². The first-order valence-electron chi connectivity index (χ1n) is 6.85. The minimum atomic E-state index is -1.45. The Hall–Kier alpha value is -1.66. The molecule has 0 radical (unpaired) electrons. The zero-order valence-corrected chi connectivity index (χ0v) is 13.3. The van der Waals surface area contributed by atoms with Crippen molar-refractivity contribution < 1.29 is 14.2 Å². The number of aliphatic hydroxyl groups is 1. The number of halogens is 2. The number of hydrogen-bond donors (Lipinski definition) is 1. The first-order valence-corrected chi connectivity index (χ1v) is 7.23. The van der Waals surface area contributed by atoms with Gasteiger partial charge in [-0.2, -0.15) is 5.10 Å². The van der Waals surface area contributed by atoms with Crippen LogP contribution < -0.4 is 4.74 Å². The van der Waals surface area contributed by atoms with E-state index in [0.717, 1.165) is 0 Å². The summed E-state index contributed by atoms with van der Waals surface area (Å²) in [5, 5.41) is 15.5. The molecular weight excluding hydrogens is 309 g/mol. The first kappa shape index (κ1) is 16.7. The maximum atomic E-state index is 13.4. The lowest BCUT2D eigenvalue weighted by atomic mass is 9.76. The predicted octanol–water partition coefficient (Wildman–Crippen LogP) is 2.74. The highest BCUT2D eigenvalue weighted by Gasteiger charge is 2.45. The van der Waals surface area contributed by atoms with Gasteiger partial charge in [0.05, 0.1) is 13.2 Å². The molecule has 0 fully saturated rings. The number of ether oxygens (including phenoxy) is 1. The van der Waals surface area contributed by atoms with Gasteiger partial charge in [0.1, 0.15) is 30.6 Å². The van der Waals surface area contributed by atoms with Crippen molar-refractivity contribution in [2.75, 3.05) is 13.3 Å². The molecule has 5 nitrogen and oxygen atoms in total. The summed E-state index contributed by atoms with van der Waals surface area (Å²) in [6.07, 6.45) is 2.84. The Kier molecular flexibility index (Phi) is 5.03. The SMILES string of the molecule is CC(C)(CF)C(O)(COc1ccc(Cl)cc1)Cn1cncn1. The highest BCUT2D eigenvalue weighted by atomic mass is 35.5. The molecule has 1 N–H and O–H groups in total. The molecule has 0 spiro atoms. The van der Waals surface area contributed by atoms with Crippen molar-refractivity contribution in [3.63, 3.8) is 0 Å². The predicted molar refractivity (Wildman–Crippen MR) is 81.7 cm³/mol. The molecule has 1 heterocycles. The Morgan fingerprint density at radius 3 is 2.55 bits per heavy atom. The fraction of sp³-hybridized carbons (Fsp3) is 0.467. The van der Waals surface area contributed by atoms with E-state index in [-0.39, 0.29) is 13.2 Å². The van der Waals surface area contributed by atoms with Gasteiger partial charge in [0, 0.05) is 10.4 Å². The van der Waals surface area contributed by atoms with Crippen LogP contribution in [0, 0.1) is 5.41 Å². The molecule has 0 aliphatic carbocycles. The molecule has 120 valence electrons. The van der Waals surface area contributed by atoms with E-state index >= 15 is 0 Å². The van der Waals surface area contributed by atoms with Crippen LogP contribution in [-0.2, 0) is 6.54 Å². The van der Waals surface area contributed by atoms with E-state index in [1.165, 1.54) is 17.3 Å². The van der Waals surface area contributed by atoms with Gasteiger partial charge in [0.15, 0.2) is 0 Å². The van der Waals surface area contributed by atoms with Gasteiger partial charge in [-0.3, -0.25) is 4.39 Å². The molecule has 0 amide bonds. The van der Waals surface area contributed by atoms with Gasteiger partial charge in [-0.1, -0.05) is 25.4 Å². The van der Waals surface area contributed by atoms with E-state index in [1.807, 2.05) is 0 Å². The van der Waals surface area contributed by atoms with Crippen molar-refractivity contribution >= 4 is 11.6 Å². The van der Waals surface area contributed by atoms with E-state index < -0.39 is 17.7 Å². The minimum Gasteiger partial charge on any atom is -0.490 e. The van der Waals surface area contributed by atoms with Crippen molar-refractivity contribution in [3.8, 4) is 5.75 Å². The first-order chi connectivity index (χ1) is 10.4. The number of rotatable bonds is 7. The lowest BCUT2D eigenvalue weighted by molar-refractivity contribution is -0.116. The van der Waals surface area contributed by atoms with Crippen molar-refractivity contribution in [1.82, 2.24) is 14.8 Å². The quantitative estimate of drug-likeness (QED) is 0.849. The summed E-state index contributed by atoms with van der Waals surface area (Å²) in [6, 6.07) is 6.77. The molecule has 22 heavy (non-hydrogen) atoms. The van der Waals surface area contributed by atoms with Gasteiger partial charge in [-0.25, -0.2) is 9.67 Å². The average molecular weight is 328 g/mol. The molecule has 7 heteroatoms. The molecule has 1 aromatic heterocycles. The third-order valence-corrected chi connectivity index (χ3v) is 4.03. The van der Waals surface area contributed by atoms with E-state index in [9.17, 15) is 9.50 Å². The van der Waals surface area contributed by atoms with Crippen LogP contribution in [0.3, 0.4) is 0 Å². The van der Waals surface area contributed by atoms with Crippen LogP contribution in [0.25, 0.3) is 0 Å². The second kappa shape index (κ2) is 6.62. The summed E-state index contributed by atoms with van der Waals surface area (Å²) in [7, 11) is 0. The Labute approximate surface area is 133 Å². The van der Waals surface area contributed by atoms with Crippen molar-refractivity contribution in [2.45, 2.75) is 26.0 Å². The maximum Gasteiger partial charge on any atom is 0.137 e. The van der Waals surface area contributed by atoms with Gasteiger partial charge >= 0.3 is 0 Å². The molecule has 1 aromatic carbocycles. The zero-order chi connectivity index (χ0) is 16.2. The monoisotopic (exact) mass is 327 g/mol. The van der Waals surface area contributed by atoms with Crippen LogP contribution in [0.15, 0.2) is 36.9 Å². The lowest BCUT2D eigenvalue weighted by Crippen LogP contribution is -2.53. The normalized spacial score (nSPS) is 14.6. The van der Waals surface area contributed by atoms with Crippen LogP contribution in [0.2, 0.25) is 5.02 Å². The van der Waals surface area contributed by atoms with Crippen LogP contribution in [0.1, 0.15) is 13.8 Å². The minimum absolute atomic E-state index is 0.0780. The van der Waals surface area contributed by atoms with Gasteiger partial charge in [0.25, 0.3) is 0 Å². The lowest BCUT2D eigenvalue weighted by Gasteiger charge is -2.40. The number of hydrogen-bond acceptors (Lipinski definition) is 4. The Morgan fingerprint density at radius 1 is 1.32 bits per heavy atom. The molecule has 0 bridgehead atoms. The topological polar surface area (TPSA) is 60.2 Å². The van der Waals surface area contributed by atoms with Crippen LogP contribution in [-0.4, -0.2) is 38.8 Å².